The number of rotatable bonds is 19. The van der Waals surface area contributed by atoms with Crippen LogP contribution in [0.1, 0.15) is 90.9 Å². The van der Waals surface area contributed by atoms with E-state index in [2.05, 4.69) is 37.2 Å². The molecule has 0 aliphatic carbocycles. The molecule has 6 atom stereocenters. The van der Waals surface area contributed by atoms with Gasteiger partial charge in [-0.2, -0.15) is 0 Å². The lowest BCUT2D eigenvalue weighted by Gasteiger charge is -2.26. The molecule has 0 fully saturated rings. The summed E-state index contributed by atoms with van der Waals surface area (Å²) in [6.07, 6.45) is -1.57. The summed E-state index contributed by atoms with van der Waals surface area (Å²) < 4.78 is 5.17. The van der Waals surface area contributed by atoms with Crippen molar-refractivity contribution in [2.24, 2.45) is 5.73 Å². The van der Waals surface area contributed by atoms with Crippen molar-refractivity contribution in [3.8, 4) is 0 Å². The first-order valence-electron chi connectivity index (χ1n) is 18.7. The van der Waals surface area contributed by atoms with Crippen molar-refractivity contribution in [1.82, 2.24) is 37.2 Å². The van der Waals surface area contributed by atoms with Crippen LogP contribution in [0.25, 0.3) is 0 Å². The van der Waals surface area contributed by atoms with E-state index in [1.165, 1.54) is 14.1 Å². The standard InChI is InChI=1S/C22H34N4O6.C17H26N4O4.CH4.ClH/c1-6-10-15(25-21(31)32-22(2,3)4)18(28)20(30)24-13-16(27)26-17(19(29)23-5)14-11-8-7-9-12-14;1-3-7-12(18)15(23)17(25)20-10-13(22)21-14(16(24)19-2)11-8-5-4-6-9-11;;/h7-9,11-12,15,17-18,28H,6,10,13H2,1-5H3,(H,23,29)(H,24,30)(H,25,31)(H,26,27);4-6,8-9,12,14-15,23H,3,7,10,18H2,1-2H3,(H,19,24)(H,20,25)(H,21,22);1H4;1H/t15?,17-,18?;12?,14-,15?;;/m00../s1. The van der Waals surface area contributed by atoms with Crippen LogP contribution < -0.4 is 43.0 Å². The number of amides is 7. The van der Waals surface area contributed by atoms with Crippen LogP contribution >= 0.6 is 12.4 Å². The Hall–Kier alpha value is -5.30. The molecular formula is C40H65ClN8O10. The van der Waals surface area contributed by atoms with Gasteiger partial charge in [-0.05, 0) is 44.7 Å². The average Bonchev–Trinajstić information content (AvgIpc) is 3.19. The number of benzene rings is 2. The van der Waals surface area contributed by atoms with E-state index in [0.717, 1.165) is 6.42 Å². The number of nitrogens with two attached hydrogens (primary N) is 1. The number of aliphatic hydroxyl groups is 2. The summed E-state index contributed by atoms with van der Waals surface area (Å²) >= 11 is 0. The molecule has 11 N–H and O–H groups in total. The minimum atomic E-state index is -1.58. The minimum absolute atomic E-state index is 0. The molecular weight excluding hydrogens is 788 g/mol. The first kappa shape index (κ1) is 55.8. The van der Waals surface area contributed by atoms with E-state index in [0.29, 0.717) is 30.4 Å². The summed E-state index contributed by atoms with van der Waals surface area (Å²) in [6, 6.07) is 14.0. The average molecular weight is 853 g/mol. The van der Waals surface area contributed by atoms with Crippen molar-refractivity contribution in [2.75, 3.05) is 27.2 Å². The number of carbonyl (C=O) groups excluding carboxylic acids is 7. The van der Waals surface area contributed by atoms with Crippen LogP contribution in [-0.4, -0.2) is 109 Å². The lowest BCUT2D eigenvalue weighted by Crippen LogP contribution is -2.53. The van der Waals surface area contributed by atoms with Gasteiger partial charge in [-0.3, -0.25) is 28.8 Å². The van der Waals surface area contributed by atoms with Crippen LogP contribution in [0.5, 0.6) is 0 Å². The van der Waals surface area contributed by atoms with Crippen molar-refractivity contribution in [2.45, 2.75) is 110 Å². The third-order valence-electron chi connectivity index (χ3n) is 7.99. The molecule has 0 saturated carbocycles. The third-order valence-corrected chi connectivity index (χ3v) is 7.99. The van der Waals surface area contributed by atoms with Crippen molar-refractivity contribution >= 4 is 53.9 Å². The van der Waals surface area contributed by atoms with E-state index in [1.54, 1.807) is 81.4 Å². The van der Waals surface area contributed by atoms with Gasteiger partial charge in [0.25, 0.3) is 11.8 Å². The van der Waals surface area contributed by atoms with Gasteiger partial charge in [-0.25, -0.2) is 4.79 Å². The molecule has 4 unspecified atom stereocenters. The Morgan fingerprint density at radius 1 is 0.644 bits per heavy atom. The van der Waals surface area contributed by atoms with Crippen LogP contribution in [0.3, 0.4) is 0 Å². The van der Waals surface area contributed by atoms with Crippen molar-refractivity contribution < 1.29 is 48.5 Å². The number of ether oxygens (including phenoxy) is 1. The summed E-state index contributed by atoms with van der Waals surface area (Å²) in [6.45, 7) is 8.00. The molecule has 2 aromatic carbocycles. The Morgan fingerprint density at radius 2 is 1.03 bits per heavy atom. The molecule has 2 aromatic rings. The molecule has 0 aliphatic rings. The lowest BCUT2D eigenvalue weighted by molar-refractivity contribution is -0.134. The Kier molecular flexibility index (Phi) is 27.4. The van der Waals surface area contributed by atoms with Crippen LogP contribution in [-0.2, 0) is 33.5 Å². The van der Waals surface area contributed by atoms with Gasteiger partial charge in [0.2, 0.25) is 23.6 Å². The van der Waals surface area contributed by atoms with Crippen molar-refractivity contribution in [3.63, 3.8) is 0 Å². The second-order valence-electron chi connectivity index (χ2n) is 13.9. The lowest BCUT2D eigenvalue weighted by atomic mass is 10.1. The number of hydrogen-bond acceptors (Lipinski definition) is 11. The fourth-order valence-corrected chi connectivity index (χ4v) is 5.10. The number of halogens is 1. The maximum atomic E-state index is 12.4. The number of likely N-dealkylation sites (N-methyl/N-ethyl adjacent to an activating group) is 2. The van der Waals surface area contributed by atoms with Crippen LogP contribution in [0.15, 0.2) is 60.7 Å². The summed E-state index contributed by atoms with van der Waals surface area (Å²) in [4.78, 5) is 84.7. The van der Waals surface area contributed by atoms with Gasteiger partial charge >= 0.3 is 6.09 Å². The number of carbonyl (C=O) groups is 7. The molecule has 18 nitrogen and oxygen atoms in total. The summed E-state index contributed by atoms with van der Waals surface area (Å²) in [5, 5.41) is 37.4. The second-order valence-corrected chi connectivity index (χ2v) is 13.9. The fraction of sp³-hybridized carbons (Fsp3) is 0.525. The SMILES string of the molecule is C.CCCC(N)C(O)C(=O)NCC(=O)N[C@H](C(=O)NC)c1ccccc1.CCCC(NC(=O)OC(C)(C)C)C(O)C(=O)NCC(=O)N[C@H](C(=O)NC)c1ccccc1.Cl. The Bertz CT molecular complexity index is 1600. The largest absolute Gasteiger partial charge is 0.444 e. The highest BCUT2D eigenvalue weighted by Crippen LogP contribution is 2.14. The van der Waals surface area contributed by atoms with E-state index in [-0.39, 0.29) is 32.3 Å². The highest BCUT2D eigenvalue weighted by Gasteiger charge is 2.30. The van der Waals surface area contributed by atoms with Crippen LogP contribution in [0.4, 0.5) is 4.79 Å². The van der Waals surface area contributed by atoms with Gasteiger partial charge in [0.15, 0.2) is 6.10 Å². The molecule has 0 radical (unpaired) electrons. The molecule has 0 bridgehead atoms. The van der Waals surface area contributed by atoms with Gasteiger partial charge < -0.3 is 57.9 Å². The molecule has 332 valence electrons. The van der Waals surface area contributed by atoms with Gasteiger partial charge in [0.1, 0.15) is 23.8 Å². The maximum absolute atomic E-state index is 12.4. The molecule has 7 amide bonds. The summed E-state index contributed by atoms with van der Waals surface area (Å²) in [7, 11) is 2.92. The number of nitrogens with one attached hydrogen (secondary N) is 7. The predicted molar refractivity (Wildman–Crippen MR) is 226 cm³/mol. The van der Waals surface area contributed by atoms with Gasteiger partial charge in [-0.15, -0.1) is 12.4 Å². The first-order valence-corrected chi connectivity index (χ1v) is 18.7. The molecule has 59 heavy (non-hydrogen) atoms. The number of hydrogen-bond donors (Lipinski definition) is 10. The Balaban J connectivity index is 0. The van der Waals surface area contributed by atoms with Crippen LogP contribution in [0.2, 0.25) is 0 Å². The Labute approximate surface area is 353 Å². The zero-order valence-corrected chi connectivity index (χ0v) is 34.9. The van der Waals surface area contributed by atoms with E-state index in [9.17, 15) is 43.8 Å². The van der Waals surface area contributed by atoms with Gasteiger partial charge in [0.05, 0.1) is 19.1 Å². The van der Waals surface area contributed by atoms with E-state index in [4.69, 9.17) is 10.5 Å². The van der Waals surface area contributed by atoms with Crippen molar-refractivity contribution in [1.29, 1.82) is 0 Å². The van der Waals surface area contributed by atoms with Crippen molar-refractivity contribution in [3.05, 3.63) is 71.8 Å². The number of aliphatic hydroxyl groups excluding tert-OH is 2. The predicted octanol–water partition coefficient (Wildman–Crippen LogP) is 1.01. The van der Waals surface area contributed by atoms with Crippen LogP contribution in [0, 0.1) is 0 Å². The van der Waals surface area contributed by atoms with E-state index in [1.807, 2.05) is 13.8 Å². The maximum Gasteiger partial charge on any atom is 0.407 e. The molecule has 0 aromatic heterocycles. The molecule has 0 spiro atoms. The third kappa shape index (κ3) is 21.3. The smallest absolute Gasteiger partial charge is 0.407 e. The zero-order chi connectivity index (χ0) is 43.1. The summed E-state index contributed by atoms with van der Waals surface area (Å²) in [5.41, 5.74) is 6.15. The Morgan fingerprint density at radius 3 is 1.39 bits per heavy atom. The first-order chi connectivity index (χ1) is 26.9. The second kappa shape index (κ2) is 29.0. The minimum Gasteiger partial charge on any atom is -0.444 e. The quantitative estimate of drug-likeness (QED) is 0.0953. The normalized spacial score (nSPS) is 13.5. The molecule has 19 heteroatoms. The van der Waals surface area contributed by atoms with Gasteiger partial charge in [-0.1, -0.05) is 94.8 Å². The summed E-state index contributed by atoms with van der Waals surface area (Å²) in [5.74, 6) is -3.51. The fourth-order valence-electron chi connectivity index (χ4n) is 5.10. The zero-order valence-electron chi connectivity index (χ0n) is 34.1. The molecule has 0 aliphatic heterocycles. The number of alkyl carbamates (subject to hydrolysis) is 1. The topological polar surface area (TPSA) is 279 Å². The molecule has 0 saturated heterocycles. The molecule has 2 rings (SSSR count). The molecule has 0 heterocycles. The van der Waals surface area contributed by atoms with E-state index >= 15 is 0 Å². The monoisotopic (exact) mass is 852 g/mol. The highest BCUT2D eigenvalue weighted by molar-refractivity contribution is 5.92. The van der Waals surface area contributed by atoms with Gasteiger partial charge in [0, 0.05) is 20.1 Å². The van der Waals surface area contributed by atoms with E-state index < -0.39 is 84.2 Å². The highest BCUT2D eigenvalue weighted by atomic mass is 35.5.